The lowest BCUT2D eigenvalue weighted by atomic mass is 10.1. The molecule has 0 saturated carbocycles. The molecule has 0 atom stereocenters. The number of pyridine rings is 3. The fraction of sp³-hybridized carbons (Fsp3) is 0. The van der Waals surface area contributed by atoms with Gasteiger partial charge < -0.3 is 27.4 Å². The summed E-state index contributed by atoms with van der Waals surface area (Å²) in [5.41, 5.74) is 27.8. The highest BCUT2D eigenvalue weighted by Gasteiger charge is 2.22. The van der Waals surface area contributed by atoms with Gasteiger partial charge in [0.25, 0.3) is 0 Å². The van der Waals surface area contributed by atoms with Crippen molar-refractivity contribution >= 4 is 131 Å². The van der Waals surface area contributed by atoms with E-state index in [4.69, 9.17) is 24.9 Å². The molecule has 10 aromatic heterocycles. The summed E-state index contributed by atoms with van der Waals surface area (Å²) in [4.78, 5) is 24.2. The quantitative estimate of drug-likeness (QED) is 0.136. The van der Waals surface area contributed by atoms with Gasteiger partial charge in [-0.25, -0.2) is 9.97 Å². The van der Waals surface area contributed by atoms with Crippen molar-refractivity contribution in [2.75, 3.05) is 0 Å². The molecule has 0 radical (unpaired) electrons. The van der Waals surface area contributed by atoms with Gasteiger partial charge in [0.15, 0.2) is 5.82 Å². The summed E-state index contributed by atoms with van der Waals surface area (Å²) in [6, 6.07) is 141. The van der Waals surface area contributed by atoms with Crippen molar-refractivity contribution < 1.29 is 0 Å². The van der Waals surface area contributed by atoms with Crippen LogP contribution < -0.4 is 0 Å². The lowest BCUT2D eigenvalue weighted by Gasteiger charge is -2.11. The molecule has 25 rings (SSSR count). The third-order valence-electron chi connectivity index (χ3n) is 23.6. The average Bonchev–Trinajstić information content (AvgIpc) is 1.57. The van der Waals surface area contributed by atoms with E-state index in [9.17, 15) is 0 Å². The van der Waals surface area contributed by atoms with Crippen LogP contribution in [0.3, 0.4) is 0 Å². The summed E-state index contributed by atoms with van der Waals surface area (Å²) >= 11 is 0. The molecule has 11 heteroatoms. The van der Waals surface area contributed by atoms with Crippen LogP contribution in [0.15, 0.2) is 431 Å². The van der Waals surface area contributed by atoms with Crippen molar-refractivity contribution in [3.8, 4) is 79.3 Å². The van der Waals surface area contributed by atoms with Crippen LogP contribution >= 0.6 is 0 Å². The van der Waals surface area contributed by atoms with Crippen molar-refractivity contribution in [3.63, 3.8) is 0 Å². The second-order valence-electron chi connectivity index (χ2n) is 30.4. The molecule has 120 heavy (non-hydrogen) atoms. The minimum absolute atomic E-state index is 0.688. The molecular formula is C109H71N11. The van der Waals surface area contributed by atoms with E-state index in [1.54, 1.807) is 0 Å². The zero-order valence-corrected chi connectivity index (χ0v) is 64.9. The van der Waals surface area contributed by atoms with E-state index in [1.807, 2.05) is 61.3 Å². The summed E-state index contributed by atoms with van der Waals surface area (Å²) in [5.74, 6) is 0.688. The minimum Gasteiger partial charge on any atom is -0.309 e. The summed E-state index contributed by atoms with van der Waals surface area (Å²) < 4.78 is 13.9. The molecule has 0 aliphatic rings. The highest BCUT2D eigenvalue weighted by molar-refractivity contribution is 6.15. The third-order valence-corrected chi connectivity index (χ3v) is 23.6. The molecule has 0 aliphatic heterocycles. The van der Waals surface area contributed by atoms with E-state index in [0.29, 0.717) is 5.82 Å². The molecule has 0 N–H and O–H groups in total. The topological polar surface area (TPSA) is 94.0 Å². The predicted molar refractivity (Wildman–Crippen MR) is 496 cm³/mol. The molecule has 0 bridgehead atoms. The van der Waals surface area contributed by atoms with Crippen molar-refractivity contribution in [1.82, 2.24) is 52.3 Å². The molecule has 0 amide bonds. The van der Waals surface area contributed by atoms with Crippen LogP contribution in [0.5, 0.6) is 0 Å². The summed E-state index contributed by atoms with van der Waals surface area (Å²) in [5, 5.41) is 14.8. The number of hydrogen-bond donors (Lipinski definition) is 0. The van der Waals surface area contributed by atoms with Crippen LogP contribution in [0.25, 0.3) is 210 Å². The first-order valence-electron chi connectivity index (χ1n) is 40.5. The zero-order chi connectivity index (χ0) is 79.1. The Balaban J connectivity index is 0.000000105. The van der Waals surface area contributed by atoms with Gasteiger partial charge in [0.1, 0.15) is 0 Å². The first kappa shape index (κ1) is 69.2. The molecule has 15 aromatic carbocycles. The molecule has 0 unspecified atom stereocenters. The number of hydrogen-bond acceptors (Lipinski definition) is 5. The fourth-order valence-electron chi connectivity index (χ4n) is 18.2. The van der Waals surface area contributed by atoms with Gasteiger partial charge in [-0.1, -0.05) is 255 Å². The number of nitrogens with zero attached hydrogens (tertiary/aromatic N) is 11. The zero-order valence-electron chi connectivity index (χ0n) is 64.9. The van der Waals surface area contributed by atoms with Gasteiger partial charge in [-0.2, -0.15) is 0 Å². The number of rotatable bonds is 10. The summed E-state index contributed by atoms with van der Waals surface area (Å²) in [6.07, 6.45) is 9.79. The Morgan fingerprint density at radius 1 is 0.133 bits per heavy atom. The summed E-state index contributed by atoms with van der Waals surface area (Å²) in [6.45, 7) is 0. The Morgan fingerprint density at radius 3 is 0.567 bits per heavy atom. The van der Waals surface area contributed by atoms with Gasteiger partial charge >= 0.3 is 0 Å². The highest BCUT2D eigenvalue weighted by atomic mass is 15.0. The Hall–Kier alpha value is -16.4. The molecular weight excluding hydrogens is 1460 g/mol. The van der Waals surface area contributed by atoms with Crippen molar-refractivity contribution in [1.29, 1.82) is 0 Å². The molecule has 25 aromatic rings. The molecule has 562 valence electrons. The normalized spacial score (nSPS) is 11.7. The molecule has 0 saturated heterocycles. The van der Waals surface area contributed by atoms with E-state index in [0.717, 1.165) is 101 Å². The van der Waals surface area contributed by atoms with E-state index in [-0.39, 0.29) is 0 Å². The summed E-state index contributed by atoms with van der Waals surface area (Å²) in [7, 11) is 0. The molecule has 0 spiro atoms. The minimum atomic E-state index is 0.688. The first-order chi connectivity index (χ1) is 59.6. The Labute approximate surface area is 689 Å². The van der Waals surface area contributed by atoms with Gasteiger partial charge in [0.05, 0.1) is 120 Å². The SMILES string of the molecule is c1ccc(-c2cc3c4ccccc4n(-c4ccc(-n5c6ccccc6c6ccccc65)cc4)c3cn2)cc1.c1ccc(-c2cc3c4ccccc4n(-c4ccc(-n5c6ccccc6c6ccccc65)cc4)c3cn2)cc1.c1ccc(-c2cc3c4ccccc4n(-c4cnc(-c5ccc(-n6c7ccccc7c7ccccc76)cc5)nc4)c3cn2)cc1. The van der Waals surface area contributed by atoms with E-state index < -0.39 is 0 Å². The van der Waals surface area contributed by atoms with Crippen LogP contribution in [-0.4, -0.2) is 52.3 Å². The maximum atomic E-state index is 4.86. The largest absolute Gasteiger partial charge is 0.309 e. The van der Waals surface area contributed by atoms with Crippen LogP contribution in [0.1, 0.15) is 0 Å². The van der Waals surface area contributed by atoms with E-state index in [1.165, 1.54) is 103 Å². The Bertz CT molecular complexity index is 7770. The second kappa shape index (κ2) is 28.9. The number of fused-ring (bicyclic) bond motifs is 18. The lowest BCUT2D eigenvalue weighted by molar-refractivity contribution is 1.08. The van der Waals surface area contributed by atoms with Gasteiger partial charge in [-0.3, -0.25) is 15.0 Å². The predicted octanol–water partition coefficient (Wildman–Crippen LogP) is 27.3. The van der Waals surface area contributed by atoms with Gasteiger partial charge in [-0.05, 0) is 146 Å². The monoisotopic (exact) mass is 1530 g/mol. The van der Waals surface area contributed by atoms with Gasteiger partial charge in [-0.15, -0.1) is 0 Å². The van der Waals surface area contributed by atoms with E-state index >= 15 is 0 Å². The molecule has 0 fully saturated rings. The standard InChI is InChI=1S/C39H25N5.2C35H23N3/c1-2-10-26(11-3-1)34-22-33-32-14-6-9-17-37(32)44(38(33)25-40-34)29-23-41-39(42-24-29)27-18-20-28(21-19-27)43-35-15-7-4-12-30(35)31-13-5-8-16-36(31)43;2*1-2-10-24(11-3-1)31-22-30-29-14-6-9-17-34(29)38(35(30)23-36-31)26-20-18-25(19-21-26)37-32-15-7-4-12-27(32)28-13-5-8-16-33(28)37/h1-25H;2*1-23H. The number of para-hydroxylation sites is 9. The number of benzene rings is 15. The lowest BCUT2D eigenvalue weighted by Crippen LogP contribution is -1.98. The Morgan fingerprint density at radius 2 is 0.325 bits per heavy atom. The molecule has 0 aliphatic carbocycles. The van der Waals surface area contributed by atoms with Crippen LogP contribution in [0, 0.1) is 0 Å². The van der Waals surface area contributed by atoms with Crippen LogP contribution in [-0.2, 0) is 0 Å². The van der Waals surface area contributed by atoms with Crippen LogP contribution in [0.4, 0.5) is 0 Å². The maximum Gasteiger partial charge on any atom is 0.159 e. The van der Waals surface area contributed by atoms with Crippen molar-refractivity contribution in [3.05, 3.63) is 431 Å². The maximum absolute atomic E-state index is 4.86. The highest BCUT2D eigenvalue weighted by Crippen LogP contribution is 2.42. The van der Waals surface area contributed by atoms with Crippen molar-refractivity contribution in [2.24, 2.45) is 0 Å². The van der Waals surface area contributed by atoms with Crippen LogP contribution in [0.2, 0.25) is 0 Å². The fourth-order valence-corrected chi connectivity index (χ4v) is 18.2. The smallest absolute Gasteiger partial charge is 0.159 e. The molecule has 10 heterocycles. The molecule has 11 nitrogen and oxygen atoms in total. The first-order valence-corrected chi connectivity index (χ1v) is 40.5. The average molecular weight is 1530 g/mol. The van der Waals surface area contributed by atoms with Gasteiger partial charge in [0.2, 0.25) is 0 Å². The van der Waals surface area contributed by atoms with Crippen molar-refractivity contribution in [2.45, 2.75) is 0 Å². The van der Waals surface area contributed by atoms with Gasteiger partial charge in [0, 0.05) is 115 Å². The third kappa shape index (κ3) is 11.6. The number of aromatic nitrogens is 11. The van der Waals surface area contributed by atoms with E-state index in [2.05, 4.69) is 397 Å². The Kier molecular flexibility index (Phi) is 16.6. The second-order valence-corrected chi connectivity index (χ2v) is 30.4.